The van der Waals surface area contributed by atoms with Crippen molar-refractivity contribution < 1.29 is 13.2 Å². The van der Waals surface area contributed by atoms with Crippen molar-refractivity contribution in [2.45, 2.75) is 4.90 Å². The molecule has 6 nitrogen and oxygen atoms in total. The molecule has 1 saturated heterocycles. The number of piperazine rings is 1. The van der Waals surface area contributed by atoms with Crippen LogP contribution in [0.3, 0.4) is 0 Å². The van der Waals surface area contributed by atoms with E-state index in [-0.39, 0.29) is 29.0 Å². The fourth-order valence-corrected chi connectivity index (χ4v) is 3.27. The van der Waals surface area contributed by atoms with Gasteiger partial charge in [0, 0.05) is 26.3 Å². The number of hydrogen-bond donors (Lipinski definition) is 0. The second kappa shape index (κ2) is 4.83. The minimum Gasteiger partial charge on any atom is -0.343 e. The van der Waals surface area contributed by atoms with E-state index >= 15 is 0 Å². The van der Waals surface area contributed by atoms with Crippen molar-refractivity contribution in [2.24, 2.45) is 0 Å². The van der Waals surface area contributed by atoms with Gasteiger partial charge in [0.15, 0.2) is 0 Å². The van der Waals surface area contributed by atoms with E-state index in [0.717, 1.165) is 4.31 Å². The number of amides is 1. The normalized spacial score (nSPS) is 18.1. The van der Waals surface area contributed by atoms with Crippen LogP contribution in [0, 0.1) is 0 Å². The Morgan fingerprint density at radius 3 is 2.72 bits per heavy atom. The molecule has 1 amide bonds. The first-order valence-corrected chi connectivity index (χ1v) is 7.09. The second-order valence-electron chi connectivity index (χ2n) is 3.97. The molecule has 1 aromatic heterocycles. The number of nitrogens with zero attached hydrogens (tertiary/aromatic N) is 3. The van der Waals surface area contributed by atoms with Crippen molar-refractivity contribution in [1.82, 2.24) is 14.2 Å². The highest BCUT2D eigenvalue weighted by Gasteiger charge is 2.31. The summed E-state index contributed by atoms with van der Waals surface area (Å²) in [6, 6.07) is 2.64. The lowest BCUT2D eigenvalue weighted by molar-refractivity contribution is -0.132. The minimum absolute atomic E-state index is 0.0554. The predicted octanol–water partition coefficient (Wildman–Crippen LogP) is 0.198. The molecule has 0 spiro atoms. The molecule has 0 radical (unpaired) electrons. The van der Waals surface area contributed by atoms with Crippen molar-refractivity contribution in [3.63, 3.8) is 0 Å². The number of rotatable bonds is 2. The average Bonchev–Trinajstić information content (AvgIpc) is 2.32. The van der Waals surface area contributed by atoms with Crippen LogP contribution < -0.4 is 0 Å². The van der Waals surface area contributed by atoms with Crippen LogP contribution in [0.25, 0.3) is 0 Å². The molecule has 1 aliphatic heterocycles. The number of pyridine rings is 1. The number of carbonyl (C=O) groups excluding carboxylic acids is 1. The lowest BCUT2D eigenvalue weighted by Gasteiger charge is -2.31. The van der Waals surface area contributed by atoms with Crippen LogP contribution >= 0.6 is 11.6 Å². The zero-order valence-electron chi connectivity index (χ0n) is 9.71. The van der Waals surface area contributed by atoms with Crippen LogP contribution in [0.15, 0.2) is 23.2 Å². The van der Waals surface area contributed by atoms with Crippen LogP contribution in [0.2, 0.25) is 5.15 Å². The highest BCUT2D eigenvalue weighted by atomic mass is 35.5. The summed E-state index contributed by atoms with van der Waals surface area (Å²) in [5, 5.41) is 0.108. The van der Waals surface area contributed by atoms with Crippen LogP contribution in [0.5, 0.6) is 0 Å². The standard InChI is InChI=1S/C10H12ClN3O3S/c1-13-4-5-14(7-10(13)15)18(16,17)8-2-3-12-9(11)6-8/h2-3,6H,4-5,7H2,1H3. The summed E-state index contributed by atoms with van der Waals surface area (Å²) in [5.74, 6) is -0.218. The molecular formula is C10H12ClN3O3S. The molecule has 0 aromatic carbocycles. The third-order valence-electron chi connectivity index (χ3n) is 2.76. The quantitative estimate of drug-likeness (QED) is 0.729. The topological polar surface area (TPSA) is 70.6 Å². The molecule has 0 N–H and O–H groups in total. The number of carbonyl (C=O) groups is 1. The molecule has 8 heteroatoms. The van der Waals surface area contributed by atoms with Crippen molar-refractivity contribution in [1.29, 1.82) is 0 Å². The molecular weight excluding hydrogens is 278 g/mol. The van der Waals surface area contributed by atoms with E-state index < -0.39 is 10.0 Å². The molecule has 2 rings (SSSR count). The first kappa shape index (κ1) is 13.3. The fourth-order valence-electron chi connectivity index (χ4n) is 1.64. The largest absolute Gasteiger partial charge is 0.343 e. The van der Waals surface area contributed by atoms with Gasteiger partial charge in [0.1, 0.15) is 5.15 Å². The van der Waals surface area contributed by atoms with Gasteiger partial charge >= 0.3 is 0 Å². The Kier molecular flexibility index (Phi) is 3.56. The SMILES string of the molecule is CN1CCN(S(=O)(=O)c2ccnc(Cl)c2)CC1=O. The van der Waals surface area contributed by atoms with Gasteiger partial charge in [-0.3, -0.25) is 4.79 Å². The molecule has 2 heterocycles. The monoisotopic (exact) mass is 289 g/mol. The second-order valence-corrected chi connectivity index (χ2v) is 6.29. The predicted molar refractivity (Wildman–Crippen MR) is 65.6 cm³/mol. The van der Waals surface area contributed by atoms with E-state index in [9.17, 15) is 13.2 Å². The van der Waals surface area contributed by atoms with Gasteiger partial charge in [-0.15, -0.1) is 0 Å². The maximum atomic E-state index is 12.3. The van der Waals surface area contributed by atoms with Gasteiger partial charge in [0.2, 0.25) is 15.9 Å². The van der Waals surface area contributed by atoms with Gasteiger partial charge < -0.3 is 4.90 Å². The Labute approximate surface area is 110 Å². The van der Waals surface area contributed by atoms with Crippen molar-refractivity contribution in [2.75, 3.05) is 26.7 Å². The van der Waals surface area contributed by atoms with Gasteiger partial charge in [-0.25, -0.2) is 13.4 Å². The zero-order valence-corrected chi connectivity index (χ0v) is 11.3. The number of sulfonamides is 1. The Bertz CT molecular complexity index is 575. The Morgan fingerprint density at radius 2 is 2.11 bits per heavy atom. The van der Waals surface area contributed by atoms with E-state index in [4.69, 9.17) is 11.6 Å². The molecule has 0 aliphatic carbocycles. The minimum atomic E-state index is -3.68. The summed E-state index contributed by atoms with van der Waals surface area (Å²) in [5.41, 5.74) is 0. The van der Waals surface area contributed by atoms with Gasteiger partial charge in [-0.1, -0.05) is 11.6 Å². The van der Waals surface area contributed by atoms with Crippen LogP contribution in [0.4, 0.5) is 0 Å². The number of halogens is 1. The smallest absolute Gasteiger partial charge is 0.243 e. The summed E-state index contributed by atoms with van der Waals surface area (Å²) in [4.78, 5) is 16.8. The summed E-state index contributed by atoms with van der Waals surface area (Å²) >= 11 is 5.67. The first-order chi connectivity index (χ1) is 8.41. The molecule has 1 aliphatic rings. The van der Waals surface area contributed by atoms with Gasteiger partial charge in [0.25, 0.3) is 0 Å². The Hall–Kier alpha value is -1.18. The van der Waals surface area contributed by atoms with E-state index in [1.165, 1.54) is 23.2 Å². The lowest BCUT2D eigenvalue weighted by Crippen LogP contribution is -2.50. The van der Waals surface area contributed by atoms with Crippen molar-refractivity contribution in [3.05, 3.63) is 23.5 Å². The zero-order chi connectivity index (χ0) is 13.3. The molecule has 0 saturated carbocycles. The van der Waals surface area contributed by atoms with E-state index in [0.29, 0.717) is 6.54 Å². The molecule has 98 valence electrons. The van der Waals surface area contributed by atoms with Crippen LogP contribution in [0.1, 0.15) is 0 Å². The first-order valence-electron chi connectivity index (χ1n) is 5.27. The van der Waals surface area contributed by atoms with Gasteiger partial charge in [-0.05, 0) is 12.1 Å². The highest BCUT2D eigenvalue weighted by molar-refractivity contribution is 7.89. The number of hydrogen-bond acceptors (Lipinski definition) is 4. The molecule has 0 atom stereocenters. The number of likely N-dealkylation sites (N-methyl/N-ethyl adjacent to an activating group) is 1. The highest BCUT2D eigenvalue weighted by Crippen LogP contribution is 2.19. The third kappa shape index (κ3) is 2.47. The maximum Gasteiger partial charge on any atom is 0.243 e. The van der Waals surface area contributed by atoms with Gasteiger partial charge in [0.05, 0.1) is 11.4 Å². The summed E-state index contributed by atoms with van der Waals surface area (Å²) in [6.07, 6.45) is 1.33. The Balaban J connectivity index is 2.30. The maximum absolute atomic E-state index is 12.3. The Morgan fingerprint density at radius 1 is 1.39 bits per heavy atom. The van der Waals surface area contributed by atoms with Crippen LogP contribution in [-0.4, -0.2) is 55.2 Å². The summed E-state index contributed by atoms with van der Waals surface area (Å²) < 4.78 is 25.7. The molecule has 1 fully saturated rings. The summed E-state index contributed by atoms with van der Waals surface area (Å²) in [7, 11) is -2.03. The fraction of sp³-hybridized carbons (Fsp3) is 0.400. The van der Waals surface area contributed by atoms with Crippen molar-refractivity contribution in [3.8, 4) is 0 Å². The number of aromatic nitrogens is 1. The van der Waals surface area contributed by atoms with Gasteiger partial charge in [-0.2, -0.15) is 4.31 Å². The van der Waals surface area contributed by atoms with Crippen molar-refractivity contribution >= 4 is 27.5 Å². The van der Waals surface area contributed by atoms with E-state index in [1.807, 2.05) is 0 Å². The van der Waals surface area contributed by atoms with E-state index in [1.54, 1.807) is 7.05 Å². The molecule has 0 bridgehead atoms. The molecule has 0 unspecified atom stereocenters. The average molecular weight is 290 g/mol. The lowest BCUT2D eigenvalue weighted by atomic mass is 10.4. The summed E-state index contributed by atoms with van der Waals surface area (Å²) in [6.45, 7) is 0.528. The third-order valence-corrected chi connectivity index (χ3v) is 4.81. The van der Waals surface area contributed by atoms with E-state index in [2.05, 4.69) is 4.98 Å². The molecule has 1 aromatic rings. The molecule has 18 heavy (non-hydrogen) atoms. The van der Waals surface area contributed by atoms with Crippen LogP contribution in [-0.2, 0) is 14.8 Å².